The normalized spacial score (nSPS) is 13.6. The van der Waals surface area contributed by atoms with Gasteiger partial charge in [0.15, 0.2) is 17.3 Å². The van der Waals surface area contributed by atoms with E-state index >= 15 is 0 Å². The summed E-state index contributed by atoms with van der Waals surface area (Å²) < 4.78 is 27.4. The molecule has 10 heteroatoms. The Kier molecular flexibility index (Phi) is 4.79. The standard InChI is InChI=1S/C19H19F2N5O3/c1-25(6-7-27)19(29)17-11-9-26(5-4-14(11)23-24-17)18(28)15-8-10-13(22-15)3-2-12(20)16(10)21/h2-3,8,22,27H,4-7,9H2,1H3,(H,23,24). The maximum Gasteiger partial charge on any atom is 0.274 e. The molecule has 0 unspecified atom stereocenters. The zero-order chi connectivity index (χ0) is 20.7. The van der Waals surface area contributed by atoms with Crippen molar-refractivity contribution in [3.8, 4) is 0 Å². The monoisotopic (exact) mass is 403 g/mol. The number of likely N-dealkylation sites (N-methyl/N-ethyl adjacent to an activating group) is 1. The second-order valence-corrected chi connectivity index (χ2v) is 6.96. The predicted molar refractivity (Wildman–Crippen MR) is 99.3 cm³/mol. The molecule has 29 heavy (non-hydrogen) atoms. The number of amides is 2. The topological polar surface area (TPSA) is 105 Å². The Hall–Kier alpha value is -3.27. The minimum absolute atomic E-state index is 0.0101. The van der Waals surface area contributed by atoms with Gasteiger partial charge in [0.2, 0.25) is 0 Å². The molecule has 1 aliphatic rings. The van der Waals surface area contributed by atoms with Gasteiger partial charge in [-0.15, -0.1) is 0 Å². The second kappa shape index (κ2) is 7.28. The van der Waals surface area contributed by atoms with Crippen molar-refractivity contribution in [3.63, 3.8) is 0 Å². The molecule has 3 aromatic rings. The third kappa shape index (κ3) is 3.25. The van der Waals surface area contributed by atoms with Crippen LogP contribution in [0.25, 0.3) is 10.9 Å². The van der Waals surface area contributed by atoms with Gasteiger partial charge >= 0.3 is 0 Å². The quantitative estimate of drug-likeness (QED) is 0.613. The molecule has 0 radical (unpaired) electrons. The van der Waals surface area contributed by atoms with Crippen LogP contribution in [0.2, 0.25) is 0 Å². The summed E-state index contributed by atoms with van der Waals surface area (Å²) in [5.41, 5.74) is 2.07. The Morgan fingerprint density at radius 3 is 2.90 bits per heavy atom. The molecular weight excluding hydrogens is 384 g/mol. The maximum atomic E-state index is 14.0. The number of aliphatic hydroxyl groups excluding tert-OH is 1. The Morgan fingerprint density at radius 2 is 2.14 bits per heavy atom. The first-order chi connectivity index (χ1) is 13.9. The number of aliphatic hydroxyl groups is 1. The molecule has 0 atom stereocenters. The fourth-order valence-corrected chi connectivity index (χ4v) is 3.51. The van der Waals surface area contributed by atoms with Gasteiger partial charge in [0.25, 0.3) is 11.8 Å². The lowest BCUT2D eigenvalue weighted by Crippen LogP contribution is -2.37. The van der Waals surface area contributed by atoms with Crippen LogP contribution < -0.4 is 0 Å². The van der Waals surface area contributed by atoms with Crippen LogP contribution in [0.15, 0.2) is 18.2 Å². The van der Waals surface area contributed by atoms with Crippen molar-refractivity contribution < 1.29 is 23.5 Å². The number of benzene rings is 1. The van der Waals surface area contributed by atoms with E-state index in [9.17, 15) is 18.4 Å². The lowest BCUT2D eigenvalue weighted by atomic mass is 10.0. The molecule has 1 aliphatic heterocycles. The molecule has 8 nitrogen and oxygen atoms in total. The summed E-state index contributed by atoms with van der Waals surface area (Å²) in [7, 11) is 1.56. The average molecular weight is 403 g/mol. The molecule has 3 N–H and O–H groups in total. The van der Waals surface area contributed by atoms with Crippen molar-refractivity contribution >= 4 is 22.7 Å². The van der Waals surface area contributed by atoms with E-state index in [1.165, 1.54) is 21.9 Å². The number of aromatic amines is 2. The number of H-pyrrole nitrogens is 2. The van der Waals surface area contributed by atoms with Gasteiger partial charge in [-0.1, -0.05) is 0 Å². The second-order valence-electron chi connectivity index (χ2n) is 6.96. The Morgan fingerprint density at radius 1 is 1.34 bits per heavy atom. The maximum absolute atomic E-state index is 14.0. The first-order valence-corrected chi connectivity index (χ1v) is 9.09. The highest BCUT2D eigenvalue weighted by atomic mass is 19.2. The molecule has 0 bridgehead atoms. The molecule has 0 fully saturated rings. The summed E-state index contributed by atoms with van der Waals surface area (Å²) in [5, 5.41) is 16.0. The molecule has 4 rings (SSSR count). The third-order valence-corrected chi connectivity index (χ3v) is 5.13. The van der Waals surface area contributed by atoms with Crippen LogP contribution in [0.1, 0.15) is 32.2 Å². The van der Waals surface area contributed by atoms with Gasteiger partial charge in [-0.05, 0) is 18.2 Å². The molecule has 0 saturated heterocycles. The molecular formula is C19H19F2N5O3. The molecule has 2 amide bonds. The van der Waals surface area contributed by atoms with Crippen molar-refractivity contribution in [1.29, 1.82) is 0 Å². The number of hydrogen-bond donors (Lipinski definition) is 3. The van der Waals surface area contributed by atoms with Crippen molar-refractivity contribution in [2.45, 2.75) is 13.0 Å². The van der Waals surface area contributed by atoms with Gasteiger partial charge in [-0.3, -0.25) is 14.7 Å². The molecule has 1 aromatic carbocycles. The van der Waals surface area contributed by atoms with E-state index in [4.69, 9.17) is 5.11 Å². The number of carbonyl (C=O) groups is 2. The number of nitrogens with one attached hydrogen (secondary N) is 2. The highest BCUT2D eigenvalue weighted by Crippen LogP contribution is 2.25. The van der Waals surface area contributed by atoms with Crippen molar-refractivity contribution in [1.82, 2.24) is 25.0 Å². The summed E-state index contributed by atoms with van der Waals surface area (Å²) in [5.74, 6) is -2.72. The molecule has 0 saturated carbocycles. The van der Waals surface area contributed by atoms with Gasteiger partial charge in [0.05, 0.1) is 13.2 Å². The van der Waals surface area contributed by atoms with Crippen LogP contribution in [0.4, 0.5) is 8.78 Å². The molecule has 3 heterocycles. The fraction of sp³-hybridized carbons (Fsp3) is 0.316. The molecule has 2 aromatic heterocycles. The van der Waals surface area contributed by atoms with Crippen LogP contribution in [-0.2, 0) is 13.0 Å². The van der Waals surface area contributed by atoms with E-state index in [0.29, 0.717) is 24.0 Å². The van der Waals surface area contributed by atoms with Crippen LogP contribution in [0, 0.1) is 11.6 Å². The number of aromatic nitrogens is 3. The van der Waals surface area contributed by atoms with E-state index in [1.54, 1.807) is 7.05 Å². The summed E-state index contributed by atoms with van der Waals surface area (Å²) in [6, 6.07) is 3.67. The highest BCUT2D eigenvalue weighted by Gasteiger charge is 2.30. The minimum Gasteiger partial charge on any atom is -0.395 e. The van der Waals surface area contributed by atoms with E-state index in [-0.39, 0.29) is 48.3 Å². The predicted octanol–water partition coefficient (Wildman–Crippen LogP) is 1.43. The number of rotatable bonds is 4. The smallest absolute Gasteiger partial charge is 0.274 e. The third-order valence-electron chi connectivity index (χ3n) is 5.13. The average Bonchev–Trinajstić information content (AvgIpc) is 3.34. The van der Waals surface area contributed by atoms with Gasteiger partial charge in [0.1, 0.15) is 5.69 Å². The Bertz CT molecular complexity index is 1110. The summed E-state index contributed by atoms with van der Waals surface area (Å²) >= 11 is 0. The first kappa shape index (κ1) is 19.1. The summed E-state index contributed by atoms with van der Waals surface area (Å²) in [6.45, 7) is 0.544. The van der Waals surface area contributed by atoms with Crippen LogP contribution >= 0.6 is 0 Å². The summed E-state index contributed by atoms with van der Waals surface area (Å²) in [6.07, 6.45) is 0.480. The largest absolute Gasteiger partial charge is 0.395 e. The molecule has 0 aliphatic carbocycles. The van der Waals surface area contributed by atoms with Gasteiger partial charge in [-0.25, -0.2) is 8.78 Å². The van der Waals surface area contributed by atoms with Gasteiger partial charge < -0.3 is 19.9 Å². The van der Waals surface area contributed by atoms with Crippen LogP contribution in [0.5, 0.6) is 0 Å². The number of hydrogen-bond acceptors (Lipinski definition) is 4. The number of fused-ring (bicyclic) bond motifs is 2. The number of carbonyl (C=O) groups excluding carboxylic acids is 2. The van der Waals surface area contributed by atoms with Crippen molar-refractivity contribution in [2.75, 3.05) is 26.7 Å². The van der Waals surface area contributed by atoms with Crippen LogP contribution in [-0.4, -0.2) is 68.6 Å². The van der Waals surface area contributed by atoms with Crippen molar-refractivity contribution in [2.24, 2.45) is 0 Å². The highest BCUT2D eigenvalue weighted by molar-refractivity contribution is 5.99. The Labute approximate surface area is 164 Å². The van der Waals surface area contributed by atoms with E-state index in [1.807, 2.05) is 0 Å². The zero-order valence-electron chi connectivity index (χ0n) is 15.6. The van der Waals surface area contributed by atoms with E-state index in [0.717, 1.165) is 11.8 Å². The number of halogens is 2. The van der Waals surface area contributed by atoms with E-state index in [2.05, 4.69) is 15.2 Å². The lowest BCUT2D eigenvalue weighted by molar-refractivity contribution is 0.0714. The summed E-state index contributed by atoms with van der Waals surface area (Å²) in [4.78, 5) is 31.2. The molecule has 152 valence electrons. The Balaban J connectivity index is 1.60. The lowest BCUT2D eigenvalue weighted by Gasteiger charge is -2.27. The number of nitrogens with zero attached hydrogens (tertiary/aromatic N) is 3. The zero-order valence-corrected chi connectivity index (χ0v) is 15.6. The van der Waals surface area contributed by atoms with E-state index < -0.39 is 11.6 Å². The van der Waals surface area contributed by atoms with Crippen molar-refractivity contribution in [3.05, 3.63) is 52.5 Å². The van der Waals surface area contributed by atoms with Crippen LogP contribution in [0.3, 0.4) is 0 Å². The SMILES string of the molecule is CN(CCO)C(=O)c1n[nH]c2c1CN(C(=O)c1cc3c(F)c(F)ccc3[nH]1)CC2. The first-order valence-electron chi connectivity index (χ1n) is 9.09. The minimum atomic E-state index is -1.01. The van der Waals surface area contributed by atoms with Gasteiger partial charge in [-0.2, -0.15) is 5.10 Å². The molecule has 0 spiro atoms. The van der Waals surface area contributed by atoms with Gasteiger partial charge in [0, 0.05) is 48.7 Å². The fourth-order valence-electron chi connectivity index (χ4n) is 3.51.